The maximum atomic E-state index is 12.9. The van der Waals surface area contributed by atoms with Crippen molar-refractivity contribution in [1.82, 2.24) is 15.5 Å². The van der Waals surface area contributed by atoms with Crippen LogP contribution < -0.4 is 25.5 Å². The van der Waals surface area contributed by atoms with E-state index < -0.39 is 0 Å². The molecule has 230 valence electrons. The Bertz CT molecular complexity index is 1700. The van der Waals surface area contributed by atoms with Crippen molar-refractivity contribution in [2.75, 3.05) is 31.0 Å². The van der Waals surface area contributed by atoms with Gasteiger partial charge in [0.25, 0.3) is 5.91 Å². The second kappa shape index (κ2) is 15.9. The number of aldehydes is 1. The number of nitroso groups, excluding NO2 is 1. The molecular weight excluding hydrogens is 578 g/mol. The molecule has 13 heteroatoms. The maximum absolute atomic E-state index is 12.9. The van der Waals surface area contributed by atoms with Crippen LogP contribution in [0.15, 0.2) is 95.0 Å². The first-order valence-electron chi connectivity index (χ1n) is 13.8. The number of carbonyl (C=O) groups excluding carboxylic acids is 3. The number of hydrazone groups is 1. The number of rotatable bonds is 15. The number of carbonyl (C=O) groups is 3. The number of benzene rings is 3. The van der Waals surface area contributed by atoms with Crippen LogP contribution in [-0.4, -0.2) is 54.3 Å². The number of aromatic nitrogens is 2. The summed E-state index contributed by atoms with van der Waals surface area (Å²) in [5.41, 5.74) is 6.31. The number of nitrogens with zero attached hydrogens (tertiary/aromatic N) is 3. The number of amides is 2. The lowest BCUT2D eigenvalue weighted by molar-refractivity contribution is -0.117. The molecule has 1 aromatic heterocycles. The highest BCUT2D eigenvalue weighted by Crippen LogP contribution is 2.26. The van der Waals surface area contributed by atoms with Crippen molar-refractivity contribution in [2.45, 2.75) is 13.5 Å². The van der Waals surface area contributed by atoms with Gasteiger partial charge in [-0.1, -0.05) is 41.6 Å². The van der Waals surface area contributed by atoms with Crippen LogP contribution in [0.25, 0.3) is 6.08 Å². The average Bonchev–Trinajstić information content (AvgIpc) is 3.58. The van der Waals surface area contributed by atoms with Gasteiger partial charge in [0.15, 0.2) is 12.0 Å². The van der Waals surface area contributed by atoms with Gasteiger partial charge in [0.1, 0.15) is 24.6 Å². The summed E-state index contributed by atoms with van der Waals surface area (Å²) in [6, 6.07) is 18.5. The zero-order chi connectivity index (χ0) is 32.0. The van der Waals surface area contributed by atoms with Gasteiger partial charge in [-0.3, -0.25) is 24.9 Å². The second-order valence-corrected chi connectivity index (χ2v) is 9.53. The third kappa shape index (κ3) is 8.94. The van der Waals surface area contributed by atoms with E-state index in [9.17, 15) is 19.3 Å². The Morgan fingerprint density at radius 1 is 1.07 bits per heavy atom. The molecule has 1 heterocycles. The maximum Gasteiger partial charge on any atom is 0.255 e. The van der Waals surface area contributed by atoms with Gasteiger partial charge >= 0.3 is 0 Å². The van der Waals surface area contributed by atoms with Gasteiger partial charge in [0.2, 0.25) is 5.91 Å². The van der Waals surface area contributed by atoms with Crippen LogP contribution >= 0.6 is 0 Å². The van der Waals surface area contributed by atoms with Gasteiger partial charge < -0.3 is 20.1 Å². The van der Waals surface area contributed by atoms with Crippen LogP contribution in [0.4, 0.5) is 11.4 Å². The molecule has 4 N–H and O–H groups in total. The quantitative estimate of drug-likeness (QED) is 0.0379. The van der Waals surface area contributed by atoms with Crippen LogP contribution in [-0.2, 0) is 16.1 Å². The van der Waals surface area contributed by atoms with E-state index in [0.717, 1.165) is 5.56 Å². The predicted molar refractivity (Wildman–Crippen MR) is 170 cm³/mol. The SMILES string of the molecule is COc1ccc(C(=O)Nc2ccc(CN=O)cc2)cc1N/N=C(\C=O)c1ccccc1/C=C(\C)C(=O)NCCOc1cn[nH]c1. The third-order valence-electron chi connectivity index (χ3n) is 6.43. The summed E-state index contributed by atoms with van der Waals surface area (Å²) in [6.45, 7) is 2.26. The van der Waals surface area contributed by atoms with Crippen molar-refractivity contribution in [3.63, 3.8) is 0 Å². The molecule has 3 aromatic carbocycles. The summed E-state index contributed by atoms with van der Waals surface area (Å²) >= 11 is 0. The number of H-pyrrole nitrogens is 1. The number of anilines is 2. The van der Waals surface area contributed by atoms with E-state index in [-0.39, 0.29) is 37.2 Å². The Morgan fingerprint density at radius 2 is 1.87 bits per heavy atom. The van der Waals surface area contributed by atoms with Crippen molar-refractivity contribution in [1.29, 1.82) is 0 Å². The second-order valence-electron chi connectivity index (χ2n) is 9.53. The lowest BCUT2D eigenvalue weighted by Gasteiger charge is -2.12. The monoisotopic (exact) mass is 609 g/mol. The molecule has 4 rings (SSSR count). The first-order valence-corrected chi connectivity index (χ1v) is 13.8. The number of hydrogen-bond acceptors (Lipinski definition) is 10. The van der Waals surface area contributed by atoms with Crippen LogP contribution in [0.2, 0.25) is 0 Å². The zero-order valence-corrected chi connectivity index (χ0v) is 24.6. The van der Waals surface area contributed by atoms with Crippen molar-refractivity contribution in [2.24, 2.45) is 10.3 Å². The van der Waals surface area contributed by atoms with E-state index in [0.29, 0.717) is 51.4 Å². The number of hydrogen-bond donors (Lipinski definition) is 4. The molecule has 0 unspecified atom stereocenters. The summed E-state index contributed by atoms with van der Waals surface area (Å²) in [4.78, 5) is 48.2. The zero-order valence-electron chi connectivity index (χ0n) is 24.6. The molecule has 0 atom stereocenters. The predicted octanol–water partition coefficient (Wildman–Crippen LogP) is 4.55. The van der Waals surface area contributed by atoms with Gasteiger partial charge in [0.05, 0.1) is 31.7 Å². The molecule has 45 heavy (non-hydrogen) atoms. The summed E-state index contributed by atoms with van der Waals surface area (Å²) in [7, 11) is 1.47. The number of methoxy groups -OCH3 is 1. The highest BCUT2D eigenvalue weighted by atomic mass is 16.5. The fourth-order valence-electron chi connectivity index (χ4n) is 4.12. The number of nitrogens with one attached hydrogen (secondary N) is 4. The summed E-state index contributed by atoms with van der Waals surface area (Å²) < 4.78 is 10.9. The van der Waals surface area contributed by atoms with E-state index >= 15 is 0 Å². The normalized spacial score (nSPS) is 11.3. The summed E-state index contributed by atoms with van der Waals surface area (Å²) in [6.07, 6.45) is 5.39. The molecule has 0 saturated heterocycles. The smallest absolute Gasteiger partial charge is 0.255 e. The first kappa shape index (κ1) is 31.8. The molecule has 0 saturated carbocycles. The van der Waals surface area contributed by atoms with Gasteiger partial charge in [-0.05, 0) is 54.5 Å². The van der Waals surface area contributed by atoms with Crippen LogP contribution in [0.5, 0.6) is 11.5 Å². The van der Waals surface area contributed by atoms with E-state index in [1.54, 1.807) is 85.9 Å². The lowest BCUT2D eigenvalue weighted by atomic mass is 10.0. The molecular formula is C32H31N7O6. The Kier molecular flexibility index (Phi) is 11.3. The Balaban J connectivity index is 1.47. The summed E-state index contributed by atoms with van der Waals surface area (Å²) in [5.74, 6) is 0.281. The van der Waals surface area contributed by atoms with Crippen LogP contribution in [0, 0.1) is 4.91 Å². The Hall–Kier alpha value is -6.11. The van der Waals surface area contributed by atoms with E-state index in [2.05, 4.69) is 36.5 Å². The van der Waals surface area contributed by atoms with E-state index in [1.165, 1.54) is 13.3 Å². The van der Waals surface area contributed by atoms with Gasteiger partial charge in [-0.15, -0.1) is 0 Å². The molecule has 0 fully saturated rings. The summed E-state index contributed by atoms with van der Waals surface area (Å²) in [5, 5.41) is 19.2. The van der Waals surface area contributed by atoms with Crippen molar-refractivity contribution >= 4 is 41.3 Å². The minimum absolute atomic E-state index is 0.0461. The van der Waals surface area contributed by atoms with Crippen molar-refractivity contribution in [3.8, 4) is 11.5 Å². The standard InChI is InChI=1S/C32H31N7O6/c1-21(31(41)33-13-14-45-26-18-34-35-19-26)15-23-5-3-4-6-27(23)29(20-40)39-38-28-16-24(9-12-30(28)44-2)32(42)37-25-10-7-22(8-11-25)17-36-43/h3-12,15-16,18-20,38H,13-14,17H2,1-2H3,(H,33,41)(H,34,35)(H,37,42)/b21-15+,39-29+. The minimum Gasteiger partial charge on any atom is -0.495 e. The molecule has 4 aromatic rings. The fraction of sp³-hybridized carbons (Fsp3) is 0.156. The van der Waals surface area contributed by atoms with E-state index in [1.807, 2.05) is 0 Å². The minimum atomic E-state index is -0.390. The Labute approximate surface area is 258 Å². The first-order chi connectivity index (χ1) is 21.9. The molecule has 0 radical (unpaired) electrons. The molecule has 0 spiro atoms. The van der Waals surface area contributed by atoms with Gasteiger partial charge in [-0.25, -0.2) is 0 Å². The van der Waals surface area contributed by atoms with Gasteiger partial charge in [0, 0.05) is 22.4 Å². The van der Waals surface area contributed by atoms with Crippen molar-refractivity contribution in [3.05, 3.63) is 112 Å². The van der Waals surface area contributed by atoms with E-state index in [4.69, 9.17) is 9.47 Å². The molecule has 0 aliphatic heterocycles. The molecule has 13 nitrogen and oxygen atoms in total. The highest BCUT2D eigenvalue weighted by molar-refractivity contribution is 6.37. The fourth-order valence-corrected chi connectivity index (χ4v) is 4.12. The molecule has 2 amide bonds. The van der Waals surface area contributed by atoms with Gasteiger partial charge in [-0.2, -0.15) is 15.1 Å². The largest absolute Gasteiger partial charge is 0.495 e. The number of aromatic amines is 1. The molecule has 0 aliphatic carbocycles. The topological polar surface area (TPSA) is 176 Å². The Morgan fingerprint density at radius 3 is 2.58 bits per heavy atom. The van der Waals surface area contributed by atoms with Crippen LogP contribution in [0.1, 0.15) is 34.0 Å². The van der Waals surface area contributed by atoms with Crippen LogP contribution in [0.3, 0.4) is 0 Å². The average molecular weight is 610 g/mol. The molecule has 0 aliphatic rings. The number of ether oxygens (including phenoxy) is 2. The third-order valence-corrected chi connectivity index (χ3v) is 6.43. The lowest BCUT2D eigenvalue weighted by Crippen LogP contribution is -2.28. The molecule has 0 bridgehead atoms. The van der Waals surface area contributed by atoms with Crippen molar-refractivity contribution < 1.29 is 23.9 Å². The highest BCUT2D eigenvalue weighted by Gasteiger charge is 2.13.